The van der Waals surface area contributed by atoms with Crippen LogP contribution >= 0.6 is 0 Å². The SMILES string of the molecule is CC[C@H]1CC[C@H]2[C@@H]3CC(O)=C4C(O)=C(O)C(=O)C(=O)[C@]4(C)[C@H]3CC[C@]12C. The van der Waals surface area contributed by atoms with Gasteiger partial charge >= 0.3 is 0 Å². The summed E-state index contributed by atoms with van der Waals surface area (Å²) < 4.78 is 0. The Morgan fingerprint density at radius 1 is 1.00 bits per heavy atom. The predicted octanol–water partition coefficient (Wildman–Crippen LogP) is 4.16. The number of aliphatic hydroxyl groups is 3. The third kappa shape index (κ3) is 1.87. The number of hydrogen-bond acceptors (Lipinski definition) is 5. The third-order valence-electron chi connectivity index (χ3n) is 8.46. The van der Waals surface area contributed by atoms with E-state index in [4.69, 9.17) is 0 Å². The Morgan fingerprint density at radius 2 is 1.69 bits per heavy atom. The van der Waals surface area contributed by atoms with Crippen molar-refractivity contribution < 1.29 is 24.9 Å². The maximum absolute atomic E-state index is 12.9. The second-order valence-electron chi connectivity index (χ2n) is 9.19. The van der Waals surface area contributed by atoms with E-state index in [0.717, 1.165) is 25.7 Å². The molecule has 4 aliphatic rings. The van der Waals surface area contributed by atoms with Gasteiger partial charge in [-0.3, -0.25) is 9.59 Å². The molecule has 0 heterocycles. The molecule has 0 saturated heterocycles. The molecule has 6 atom stereocenters. The standard InChI is InChI=1S/C21H28O5/c1-4-10-5-6-12-11-9-14(22)15-16(23)17(24)18(25)19(26)21(15,3)13(11)7-8-20(10,12)2/h10-13,22-24H,4-9H2,1-3H3/t10-,11-,12-,13-,20+,21+/m0/s1. The van der Waals surface area contributed by atoms with Gasteiger partial charge in [-0.1, -0.05) is 20.3 Å². The minimum absolute atomic E-state index is 0.0390. The van der Waals surface area contributed by atoms with Crippen LogP contribution in [0.2, 0.25) is 0 Å². The molecule has 4 rings (SSSR count). The van der Waals surface area contributed by atoms with E-state index in [1.165, 1.54) is 6.42 Å². The van der Waals surface area contributed by atoms with Crippen LogP contribution in [0.1, 0.15) is 59.3 Å². The van der Waals surface area contributed by atoms with E-state index in [1.54, 1.807) is 6.92 Å². The van der Waals surface area contributed by atoms with Crippen LogP contribution in [0.4, 0.5) is 0 Å². The number of allylic oxidation sites excluding steroid dienone is 3. The molecule has 0 amide bonds. The van der Waals surface area contributed by atoms with Crippen LogP contribution in [-0.4, -0.2) is 26.9 Å². The second kappa shape index (κ2) is 5.37. The Kier molecular flexibility index (Phi) is 3.64. The number of aliphatic hydroxyl groups excluding tert-OH is 3. The largest absolute Gasteiger partial charge is 0.512 e. The Labute approximate surface area is 153 Å². The van der Waals surface area contributed by atoms with Gasteiger partial charge in [-0.05, 0) is 61.7 Å². The summed E-state index contributed by atoms with van der Waals surface area (Å²) in [6.45, 7) is 6.26. The molecular formula is C21H28O5. The lowest BCUT2D eigenvalue weighted by molar-refractivity contribution is -0.148. The topological polar surface area (TPSA) is 94.8 Å². The van der Waals surface area contributed by atoms with Crippen molar-refractivity contribution in [2.75, 3.05) is 0 Å². The number of Topliss-reactive ketones (excluding diaryl/α,β-unsaturated/α-hetero) is 2. The maximum atomic E-state index is 12.9. The summed E-state index contributed by atoms with van der Waals surface area (Å²) in [6.07, 6.45) is 5.61. The van der Waals surface area contributed by atoms with E-state index >= 15 is 0 Å². The fourth-order valence-electron chi connectivity index (χ4n) is 7.11. The van der Waals surface area contributed by atoms with Crippen molar-refractivity contribution in [1.82, 2.24) is 0 Å². The van der Waals surface area contributed by atoms with Gasteiger partial charge in [0, 0.05) is 12.0 Å². The highest BCUT2D eigenvalue weighted by Gasteiger charge is 2.64. The molecule has 0 aliphatic heterocycles. The molecule has 0 unspecified atom stereocenters. The van der Waals surface area contributed by atoms with Crippen LogP contribution in [0.15, 0.2) is 22.9 Å². The second-order valence-corrected chi connectivity index (χ2v) is 9.19. The highest BCUT2D eigenvalue weighted by molar-refractivity contribution is 6.46. The lowest BCUT2D eigenvalue weighted by atomic mass is 9.47. The van der Waals surface area contributed by atoms with E-state index in [9.17, 15) is 24.9 Å². The van der Waals surface area contributed by atoms with Gasteiger partial charge in [-0.2, -0.15) is 0 Å². The molecule has 5 nitrogen and oxygen atoms in total. The highest BCUT2D eigenvalue weighted by Crippen LogP contribution is 2.66. The Morgan fingerprint density at radius 3 is 2.35 bits per heavy atom. The lowest BCUT2D eigenvalue weighted by Crippen LogP contribution is -2.55. The average molecular weight is 360 g/mol. The van der Waals surface area contributed by atoms with Gasteiger partial charge in [-0.15, -0.1) is 0 Å². The Balaban J connectivity index is 1.85. The molecule has 2 saturated carbocycles. The zero-order valence-electron chi connectivity index (χ0n) is 15.7. The van der Waals surface area contributed by atoms with Gasteiger partial charge in [0.05, 0.1) is 5.41 Å². The summed E-state index contributed by atoms with van der Waals surface area (Å²) in [5.41, 5.74) is -0.952. The van der Waals surface area contributed by atoms with Crippen molar-refractivity contribution in [2.24, 2.45) is 34.5 Å². The van der Waals surface area contributed by atoms with Crippen LogP contribution in [0.3, 0.4) is 0 Å². The fourth-order valence-corrected chi connectivity index (χ4v) is 7.11. The molecule has 0 spiro atoms. The molecule has 3 N–H and O–H groups in total. The van der Waals surface area contributed by atoms with Crippen molar-refractivity contribution in [3.8, 4) is 0 Å². The molecule has 2 fully saturated rings. The molecule has 142 valence electrons. The predicted molar refractivity (Wildman–Crippen MR) is 95.5 cm³/mol. The summed E-state index contributed by atoms with van der Waals surface area (Å²) in [5.74, 6) is -2.20. The van der Waals surface area contributed by atoms with Gasteiger partial charge in [0.25, 0.3) is 5.78 Å². The summed E-state index contributed by atoms with van der Waals surface area (Å²) in [6, 6.07) is 0. The van der Waals surface area contributed by atoms with Crippen molar-refractivity contribution in [3.05, 3.63) is 22.9 Å². The van der Waals surface area contributed by atoms with E-state index in [0.29, 0.717) is 18.3 Å². The van der Waals surface area contributed by atoms with Crippen molar-refractivity contribution in [1.29, 1.82) is 0 Å². The van der Waals surface area contributed by atoms with Crippen LogP contribution in [0.25, 0.3) is 0 Å². The highest BCUT2D eigenvalue weighted by atomic mass is 16.3. The fraction of sp³-hybridized carbons (Fsp3) is 0.714. The quantitative estimate of drug-likeness (QED) is 0.611. The third-order valence-corrected chi connectivity index (χ3v) is 8.46. The number of fused-ring (bicyclic) bond motifs is 5. The number of carbonyl (C=O) groups excluding carboxylic acids is 2. The molecular weight excluding hydrogens is 332 g/mol. The zero-order chi connectivity index (χ0) is 19.0. The normalized spacial score (nSPS) is 45.5. The van der Waals surface area contributed by atoms with Crippen molar-refractivity contribution in [3.63, 3.8) is 0 Å². The summed E-state index contributed by atoms with van der Waals surface area (Å²) in [5, 5.41) is 30.9. The van der Waals surface area contributed by atoms with Gasteiger partial charge in [0.1, 0.15) is 5.76 Å². The van der Waals surface area contributed by atoms with Crippen LogP contribution in [-0.2, 0) is 9.59 Å². The minimum atomic E-state index is -1.24. The van der Waals surface area contributed by atoms with Crippen molar-refractivity contribution >= 4 is 11.6 Å². The minimum Gasteiger partial charge on any atom is -0.512 e. The molecule has 4 aliphatic carbocycles. The molecule has 26 heavy (non-hydrogen) atoms. The molecule has 0 aromatic heterocycles. The van der Waals surface area contributed by atoms with Gasteiger partial charge < -0.3 is 15.3 Å². The van der Waals surface area contributed by atoms with E-state index < -0.39 is 28.5 Å². The van der Waals surface area contributed by atoms with Crippen molar-refractivity contribution in [2.45, 2.75) is 59.3 Å². The maximum Gasteiger partial charge on any atom is 0.267 e. The number of rotatable bonds is 1. The number of ketones is 2. The van der Waals surface area contributed by atoms with Gasteiger partial charge in [0.15, 0.2) is 5.76 Å². The smallest absolute Gasteiger partial charge is 0.267 e. The summed E-state index contributed by atoms with van der Waals surface area (Å²) in [7, 11) is 0. The van der Waals surface area contributed by atoms with Crippen LogP contribution in [0.5, 0.6) is 0 Å². The number of carbonyl (C=O) groups is 2. The van der Waals surface area contributed by atoms with Crippen LogP contribution < -0.4 is 0 Å². The molecule has 0 bridgehead atoms. The van der Waals surface area contributed by atoms with E-state index in [1.807, 2.05) is 0 Å². The van der Waals surface area contributed by atoms with Gasteiger partial charge in [-0.25, -0.2) is 0 Å². The summed E-state index contributed by atoms with van der Waals surface area (Å²) >= 11 is 0. The summed E-state index contributed by atoms with van der Waals surface area (Å²) in [4.78, 5) is 25.2. The number of hydrogen-bond donors (Lipinski definition) is 3. The lowest BCUT2D eigenvalue weighted by Gasteiger charge is -2.56. The average Bonchev–Trinajstić information content (AvgIpc) is 2.95. The Bertz CT molecular complexity index is 762. The first-order valence-electron chi connectivity index (χ1n) is 9.82. The van der Waals surface area contributed by atoms with E-state index in [2.05, 4.69) is 13.8 Å². The molecule has 0 aromatic rings. The Hall–Kier alpha value is -1.78. The molecule has 0 radical (unpaired) electrons. The monoisotopic (exact) mass is 360 g/mol. The van der Waals surface area contributed by atoms with Gasteiger partial charge in [0.2, 0.25) is 11.5 Å². The first-order valence-corrected chi connectivity index (χ1v) is 9.82. The first kappa shape index (κ1) is 17.6. The first-order chi connectivity index (χ1) is 12.2. The van der Waals surface area contributed by atoms with E-state index in [-0.39, 0.29) is 28.6 Å². The van der Waals surface area contributed by atoms with Crippen LogP contribution in [0, 0.1) is 34.5 Å². The molecule has 0 aromatic carbocycles. The zero-order valence-corrected chi connectivity index (χ0v) is 15.7. The molecule has 5 heteroatoms.